The molecule has 142 valence electrons. The lowest BCUT2D eigenvalue weighted by molar-refractivity contribution is 0.0996. The minimum atomic E-state index is -4.09. The second-order valence-corrected chi connectivity index (χ2v) is 7.75. The Balaban J connectivity index is 1.67. The molecule has 7 heteroatoms. The lowest BCUT2D eigenvalue weighted by atomic mass is 10.1. The molecule has 1 heterocycles. The Hall–Kier alpha value is -3.32. The van der Waals surface area contributed by atoms with Gasteiger partial charge in [0, 0.05) is 17.3 Å². The highest BCUT2D eigenvalue weighted by atomic mass is 32.2. The molecule has 0 unspecified atom stereocenters. The maximum absolute atomic E-state index is 12.7. The predicted molar refractivity (Wildman–Crippen MR) is 104 cm³/mol. The van der Waals surface area contributed by atoms with Crippen LogP contribution in [0.1, 0.15) is 15.9 Å². The number of fused-ring (bicyclic) bond motifs is 1. The average molecular weight is 395 g/mol. The smallest absolute Gasteiger partial charge is 0.342 e. The molecule has 0 spiro atoms. The largest absolute Gasteiger partial charge is 0.495 e. The van der Waals surface area contributed by atoms with Crippen LogP contribution < -0.4 is 13.8 Å². The van der Waals surface area contributed by atoms with Gasteiger partial charge in [0.25, 0.3) is 5.91 Å². The van der Waals surface area contributed by atoms with Crippen molar-refractivity contribution in [3.63, 3.8) is 0 Å². The quantitative estimate of drug-likeness (QED) is 0.617. The fourth-order valence-corrected chi connectivity index (χ4v) is 4.22. The molecule has 1 amide bonds. The van der Waals surface area contributed by atoms with Gasteiger partial charge in [-0.05, 0) is 35.9 Å². The number of benzene rings is 3. The highest BCUT2D eigenvalue weighted by molar-refractivity contribution is 7.87. The van der Waals surface area contributed by atoms with E-state index < -0.39 is 10.1 Å². The number of para-hydroxylation sites is 1. The summed E-state index contributed by atoms with van der Waals surface area (Å²) < 4.78 is 35.8. The Morgan fingerprint density at radius 2 is 1.64 bits per heavy atom. The van der Waals surface area contributed by atoms with Crippen LogP contribution in [-0.2, 0) is 16.7 Å². The van der Waals surface area contributed by atoms with E-state index in [1.54, 1.807) is 47.4 Å². The fraction of sp³-hybridized carbons (Fsp3) is 0.0952. The molecule has 3 aromatic rings. The summed E-state index contributed by atoms with van der Waals surface area (Å²) in [6, 6.07) is 20.1. The molecule has 3 aromatic carbocycles. The number of nitrogens with zero attached hydrogens (tertiary/aromatic N) is 1. The molecule has 0 atom stereocenters. The lowest BCUT2D eigenvalue weighted by Gasteiger charge is -2.18. The van der Waals surface area contributed by atoms with E-state index in [-0.39, 0.29) is 22.3 Å². The van der Waals surface area contributed by atoms with E-state index >= 15 is 0 Å². The zero-order valence-electron chi connectivity index (χ0n) is 15.0. The van der Waals surface area contributed by atoms with E-state index in [0.29, 0.717) is 17.8 Å². The topological polar surface area (TPSA) is 72.9 Å². The van der Waals surface area contributed by atoms with Crippen molar-refractivity contribution in [2.45, 2.75) is 11.4 Å². The molecule has 1 aliphatic heterocycles. The van der Waals surface area contributed by atoms with E-state index in [4.69, 9.17) is 8.92 Å². The SMILES string of the molecule is COc1cc(N2Cc3ccccc3C2=O)ccc1S(=O)(=O)Oc1ccccc1. The van der Waals surface area contributed by atoms with Gasteiger partial charge < -0.3 is 13.8 Å². The summed E-state index contributed by atoms with van der Waals surface area (Å²) in [4.78, 5) is 14.1. The third kappa shape index (κ3) is 3.20. The first-order valence-corrected chi connectivity index (χ1v) is 9.98. The second-order valence-electron chi connectivity index (χ2n) is 6.23. The normalized spacial score (nSPS) is 13.3. The van der Waals surface area contributed by atoms with Gasteiger partial charge in [0.05, 0.1) is 13.7 Å². The summed E-state index contributed by atoms with van der Waals surface area (Å²) in [5.74, 6) is 0.185. The third-order valence-corrected chi connectivity index (χ3v) is 5.79. The van der Waals surface area contributed by atoms with E-state index in [9.17, 15) is 13.2 Å². The van der Waals surface area contributed by atoms with Crippen LogP contribution in [0.15, 0.2) is 77.7 Å². The first-order chi connectivity index (χ1) is 13.5. The van der Waals surface area contributed by atoms with Crippen LogP contribution in [0.5, 0.6) is 11.5 Å². The van der Waals surface area contributed by atoms with E-state index in [2.05, 4.69) is 0 Å². The molecule has 0 saturated heterocycles. The average Bonchev–Trinajstić information content (AvgIpc) is 3.05. The number of carbonyl (C=O) groups excluding carboxylic acids is 1. The van der Waals surface area contributed by atoms with Crippen LogP contribution in [0.4, 0.5) is 5.69 Å². The molecule has 0 aliphatic carbocycles. The first-order valence-electron chi connectivity index (χ1n) is 8.57. The van der Waals surface area contributed by atoms with Gasteiger partial charge in [0.2, 0.25) is 0 Å². The van der Waals surface area contributed by atoms with Gasteiger partial charge in [-0.25, -0.2) is 0 Å². The summed E-state index contributed by atoms with van der Waals surface area (Å²) in [6.07, 6.45) is 0. The summed E-state index contributed by atoms with van der Waals surface area (Å²) in [5.41, 5.74) is 2.12. The zero-order valence-corrected chi connectivity index (χ0v) is 15.8. The Labute approximate surface area is 163 Å². The molecule has 0 bridgehead atoms. The van der Waals surface area contributed by atoms with Crippen LogP contribution in [0.2, 0.25) is 0 Å². The number of rotatable bonds is 5. The molecule has 0 radical (unpaired) electrons. The molecule has 0 fully saturated rings. The van der Waals surface area contributed by atoms with Gasteiger partial charge in [-0.1, -0.05) is 36.4 Å². The van der Waals surface area contributed by atoms with Gasteiger partial charge >= 0.3 is 10.1 Å². The van der Waals surface area contributed by atoms with Crippen molar-refractivity contribution in [3.8, 4) is 11.5 Å². The zero-order chi connectivity index (χ0) is 19.7. The van der Waals surface area contributed by atoms with Crippen molar-refractivity contribution in [2.75, 3.05) is 12.0 Å². The summed E-state index contributed by atoms with van der Waals surface area (Å²) in [5, 5.41) is 0. The lowest BCUT2D eigenvalue weighted by Crippen LogP contribution is -2.23. The number of hydrogen-bond donors (Lipinski definition) is 0. The van der Waals surface area contributed by atoms with Crippen molar-refractivity contribution in [3.05, 3.63) is 83.9 Å². The van der Waals surface area contributed by atoms with Crippen LogP contribution in [0, 0.1) is 0 Å². The van der Waals surface area contributed by atoms with Gasteiger partial charge in [0.15, 0.2) is 0 Å². The summed E-state index contributed by atoms with van der Waals surface area (Å²) >= 11 is 0. The van der Waals surface area contributed by atoms with Crippen LogP contribution >= 0.6 is 0 Å². The van der Waals surface area contributed by atoms with E-state index in [1.165, 1.54) is 19.2 Å². The van der Waals surface area contributed by atoms with Crippen LogP contribution in [0.25, 0.3) is 0 Å². The Morgan fingerprint density at radius 3 is 2.36 bits per heavy atom. The van der Waals surface area contributed by atoms with Gasteiger partial charge in [-0.3, -0.25) is 4.79 Å². The summed E-state index contributed by atoms with van der Waals surface area (Å²) in [6.45, 7) is 0.421. The predicted octanol–water partition coefficient (Wildman–Crippen LogP) is 3.62. The monoisotopic (exact) mass is 395 g/mol. The molecule has 6 nitrogen and oxygen atoms in total. The number of methoxy groups -OCH3 is 1. The fourth-order valence-electron chi connectivity index (χ4n) is 3.14. The molecule has 1 aliphatic rings. The molecular weight excluding hydrogens is 378 g/mol. The van der Waals surface area contributed by atoms with Crippen LogP contribution in [0.3, 0.4) is 0 Å². The molecule has 0 N–H and O–H groups in total. The number of anilines is 1. The van der Waals surface area contributed by atoms with E-state index in [1.807, 2.05) is 18.2 Å². The number of carbonyl (C=O) groups is 1. The minimum absolute atomic E-state index is 0.105. The maximum atomic E-state index is 12.7. The standard InChI is InChI=1S/C21H17NO5S/c1-26-19-13-16(22-14-15-7-5-6-10-18(15)21(22)23)11-12-20(19)28(24,25)27-17-8-3-2-4-9-17/h2-13H,14H2,1H3. The molecule has 4 rings (SSSR count). The van der Waals surface area contributed by atoms with Crippen LogP contribution in [-0.4, -0.2) is 21.4 Å². The minimum Gasteiger partial charge on any atom is -0.495 e. The van der Waals surface area contributed by atoms with Gasteiger partial charge in [-0.2, -0.15) is 8.42 Å². The van der Waals surface area contributed by atoms with Gasteiger partial charge in [0.1, 0.15) is 16.4 Å². The van der Waals surface area contributed by atoms with Crippen molar-refractivity contribution in [1.82, 2.24) is 0 Å². The van der Waals surface area contributed by atoms with Gasteiger partial charge in [-0.15, -0.1) is 0 Å². The highest BCUT2D eigenvalue weighted by Gasteiger charge is 2.30. The number of hydrogen-bond acceptors (Lipinski definition) is 5. The molecule has 0 aromatic heterocycles. The molecule has 0 saturated carbocycles. The Bertz CT molecular complexity index is 1140. The first kappa shape index (κ1) is 18.1. The third-order valence-electron chi connectivity index (χ3n) is 4.50. The Morgan fingerprint density at radius 1 is 0.929 bits per heavy atom. The van der Waals surface area contributed by atoms with Crippen molar-refractivity contribution < 1.29 is 22.1 Å². The molecular formula is C21H17NO5S. The Kier molecular flexibility index (Phi) is 4.52. The van der Waals surface area contributed by atoms with Crippen molar-refractivity contribution in [1.29, 1.82) is 0 Å². The van der Waals surface area contributed by atoms with E-state index in [0.717, 1.165) is 5.56 Å². The second kappa shape index (κ2) is 7.01. The molecule has 28 heavy (non-hydrogen) atoms. The number of amides is 1. The van der Waals surface area contributed by atoms with Crippen molar-refractivity contribution in [2.24, 2.45) is 0 Å². The number of ether oxygens (including phenoxy) is 1. The summed E-state index contributed by atoms with van der Waals surface area (Å²) in [7, 11) is -2.72. The van der Waals surface area contributed by atoms with Crippen molar-refractivity contribution >= 4 is 21.7 Å². The highest BCUT2D eigenvalue weighted by Crippen LogP contribution is 2.34. The maximum Gasteiger partial charge on any atom is 0.342 e.